The number of carbonyl (C=O) groups excluding carboxylic acids is 2. The van der Waals surface area contributed by atoms with Gasteiger partial charge in [0, 0.05) is 30.7 Å². The van der Waals surface area contributed by atoms with Crippen LogP contribution < -0.4 is 0 Å². The number of amides is 1. The van der Waals surface area contributed by atoms with E-state index in [0.29, 0.717) is 42.2 Å². The molecule has 0 atom stereocenters. The molecule has 1 saturated heterocycles. The van der Waals surface area contributed by atoms with Crippen molar-refractivity contribution in [3.8, 4) is 0 Å². The zero-order valence-corrected chi connectivity index (χ0v) is 19.2. The number of hydrogen-bond acceptors (Lipinski definition) is 4. The zero-order valence-electron chi connectivity index (χ0n) is 19.2. The molecule has 172 valence electrons. The number of Topliss-reactive ketones (excluding diaryl/α,β-unsaturated/α-hetero) is 1. The van der Waals surface area contributed by atoms with Gasteiger partial charge >= 0.3 is 0 Å². The Hall–Kier alpha value is -2.82. The number of ketones is 1. The van der Waals surface area contributed by atoms with Crippen LogP contribution in [0.4, 0.5) is 0 Å². The number of rotatable bonds is 12. The summed E-state index contributed by atoms with van der Waals surface area (Å²) in [5.74, 6) is 1.25. The Labute approximate surface area is 191 Å². The smallest absolute Gasteiger partial charge is 0.223 e. The second-order valence-electron chi connectivity index (χ2n) is 8.53. The highest BCUT2D eigenvalue weighted by atomic mass is 16.3. The highest BCUT2D eigenvalue weighted by Gasteiger charge is 2.29. The van der Waals surface area contributed by atoms with Crippen molar-refractivity contribution in [1.82, 2.24) is 4.90 Å². The van der Waals surface area contributed by atoms with Crippen molar-refractivity contribution in [3.63, 3.8) is 0 Å². The van der Waals surface area contributed by atoms with E-state index >= 15 is 0 Å². The Kier molecular flexibility index (Phi) is 9.60. The van der Waals surface area contributed by atoms with Crippen molar-refractivity contribution in [2.75, 3.05) is 13.1 Å². The molecule has 3 rings (SSSR count). The molecule has 0 bridgehead atoms. The summed E-state index contributed by atoms with van der Waals surface area (Å²) >= 11 is 0. The van der Waals surface area contributed by atoms with Gasteiger partial charge in [-0.2, -0.15) is 0 Å². The van der Waals surface area contributed by atoms with Gasteiger partial charge in [0.25, 0.3) is 0 Å². The van der Waals surface area contributed by atoms with Gasteiger partial charge in [0.05, 0.1) is 12.5 Å². The summed E-state index contributed by atoms with van der Waals surface area (Å²) in [4.78, 5) is 27.7. The molecule has 0 radical (unpaired) electrons. The SMILES string of the molecule is CCCCCCCCCCCC(=O)N1C/C(=C\c2ccco2)C(=O)/C(=C/c2ccco2)C1. The largest absolute Gasteiger partial charge is 0.465 e. The number of likely N-dealkylation sites (tertiary alicyclic amines) is 1. The average Bonchev–Trinajstić information content (AvgIpc) is 3.49. The van der Waals surface area contributed by atoms with E-state index < -0.39 is 0 Å². The van der Waals surface area contributed by atoms with Crippen LogP contribution in [0.1, 0.15) is 82.7 Å². The molecule has 3 heterocycles. The molecule has 1 aliphatic rings. The number of unbranched alkanes of at least 4 members (excludes halogenated alkanes) is 8. The maximum Gasteiger partial charge on any atom is 0.223 e. The molecule has 0 aliphatic carbocycles. The fourth-order valence-electron chi connectivity index (χ4n) is 4.05. The van der Waals surface area contributed by atoms with Gasteiger partial charge in [0.1, 0.15) is 11.5 Å². The highest BCUT2D eigenvalue weighted by Crippen LogP contribution is 2.23. The normalized spacial score (nSPS) is 16.9. The monoisotopic (exact) mass is 437 g/mol. The molecule has 0 N–H and O–H groups in total. The van der Waals surface area contributed by atoms with Gasteiger partial charge in [0.15, 0.2) is 5.78 Å². The molecule has 2 aromatic heterocycles. The van der Waals surface area contributed by atoms with Crippen molar-refractivity contribution >= 4 is 23.8 Å². The van der Waals surface area contributed by atoms with Crippen molar-refractivity contribution in [1.29, 1.82) is 0 Å². The maximum absolute atomic E-state index is 13.0. The van der Waals surface area contributed by atoms with E-state index in [1.165, 1.54) is 44.9 Å². The average molecular weight is 438 g/mol. The van der Waals surface area contributed by atoms with Crippen molar-refractivity contribution < 1.29 is 18.4 Å². The summed E-state index contributed by atoms with van der Waals surface area (Å²) in [6.07, 6.45) is 18.1. The molecular formula is C27H35NO4. The molecular weight excluding hydrogens is 402 g/mol. The fraction of sp³-hybridized carbons (Fsp3) is 0.481. The fourth-order valence-corrected chi connectivity index (χ4v) is 4.05. The van der Waals surface area contributed by atoms with Crippen LogP contribution in [-0.4, -0.2) is 29.7 Å². The molecule has 0 unspecified atom stereocenters. The number of carbonyl (C=O) groups is 2. The third-order valence-corrected chi connectivity index (χ3v) is 5.87. The first kappa shape index (κ1) is 23.8. The van der Waals surface area contributed by atoms with E-state index in [0.717, 1.165) is 12.8 Å². The van der Waals surface area contributed by atoms with Crippen molar-refractivity contribution in [2.24, 2.45) is 0 Å². The van der Waals surface area contributed by atoms with Crippen LogP contribution in [0, 0.1) is 0 Å². The lowest BCUT2D eigenvalue weighted by Gasteiger charge is -2.29. The van der Waals surface area contributed by atoms with Crippen LogP contribution >= 0.6 is 0 Å². The lowest BCUT2D eigenvalue weighted by atomic mass is 9.95. The summed E-state index contributed by atoms with van der Waals surface area (Å²) in [7, 11) is 0. The first-order valence-electron chi connectivity index (χ1n) is 12.0. The number of nitrogens with zero attached hydrogens (tertiary/aromatic N) is 1. The summed E-state index contributed by atoms with van der Waals surface area (Å²) in [5, 5.41) is 0. The predicted octanol–water partition coefficient (Wildman–Crippen LogP) is 6.67. The minimum atomic E-state index is -0.0649. The summed E-state index contributed by atoms with van der Waals surface area (Å²) < 4.78 is 10.8. The van der Waals surface area contributed by atoms with Crippen LogP contribution in [0.25, 0.3) is 12.2 Å². The van der Waals surface area contributed by atoms with Crippen LogP contribution in [0.2, 0.25) is 0 Å². The third-order valence-electron chi connectivity index (χ3n) is 5.87. The molecule has 1 amide bonds. The Morgan fingerprint density at radius 1 is 0.844 bits per heavy atom. The van der Waals surface area contributed by atoms with E-state index in [4.69, 9.17) is 8.83 Å². The Morgan fingerprint density at radius 3 is 1.81 bits per heavy atom. The van der Waals surface area contributed by atoms with Gasteiger partial charge in [-0.1, -0.05) is 58.3 Å². The lowest BCUT2D eigenvalue weighted by molar-refractivity contribution is -0.131. The van der Waals surface area contributed by atoms with Crippen LogP contribution in [0.3, 0.4) is 0 Å². The predicted molar refractivity (Wildman–Crippen MR) is 127 cm³/mol. The van der Waals surface area contributed by atoms with Gasteiger partial charge in [0.2, 0.25) is 5.91 Å². The molecule has 2 aromatic rings. The summed E-state index contributed by atoms with van der Waals surface area (Å²) in [5.41, 5.74) is 1.12. The van der Waals surface area contributed by atoms with Gasteiger partial charge in [-0.3, -0.25) is 9.59 Å². The summed E-state index contributed by atoms with van der Waals surface area (Å²) in [6.45, 7) is 2.86. The van der Waals surface area contributed by atoms with Gasteiger partial charge in [-0.15, -0.1) is 0 Å². The number of piperidine rings is 1. The Morgan fingerprint density at radius 2 is 1.34 bits per heavy atom. The molecule has 0 spiro atoms. The standard InChI is InChI=1S/C27H35NO4/c1-2-3-4-5-6-7-8-9-10-15-26(29)28-20-22(18-24-13-11-16-31-24)27(30)23(21-28)19-25-14-12-17-32-25/h11-14,16-19H,2-10,15,20-21H2,1H3/b22-18+,23-19+. The number of furan rings is 2. The van der Waals surface area contributed by atoms with Gasteiger partial charge in [-0.25, -0.2) is 0 Å². The van der Waals surface area contributed by atoms with Crippen molar-refractivity contribution in [2.45, 2.75) is 71.1 Å². The van der Waals surface area contributed by atoms with Gasteiger partial charge < -0.3 is 13.7 Å². The maximum atomic E-state index is 13.0. The van der Waals surface area contributed by atoms with Crippen LogP contribution in [0.5, 0.6) is 0 Å². The van der Waals surface area contributed by atoms with E-state index in [2.05, 4.69) is 6.92 Å². The van der Waals surface area contributed by atoms with Crippen LogP contribution in [0.15, 0.2) is 56.8 Å². The Balaban J connectivity index is 1.55. The van der Waals surface area contributed by atoms with Crippen LogP contribution in [-0.2, 0) is 9.59 Å². The molecule has 1 aliphatic heterocycles. The molecule has 0 aromatic carbocycles. The molecule has 32 heavy (non-hydrogen) atoms. The topological polar surface area (TPSA) is 63.7 Å². The second kappa shape index (κ2) is 12.9. The Bertz CT molecular complexity index is 834. The quantitative estimate of drug-likeness (QED) is 0.275. The highest BCUT2D eigenvalue weighted by molar-refractivity contribution is 6.15. The van der Waals surface area contributed by atoms with E-state index in [1.807, 2.05) is 0 Å². The number of hydrogen-bond donors (Lipinski definition) is 0. The van der Waals surface area contributed by atoms with E-state index in [9.17, 15) is 9.59 Å². The molecule has 0 saturated carbocycles. The van der Waals surface area contributed by atoms with E-state index in [-0.39, 0.29) is 11.7 Å². The summed E-state index contributed by atoms with van der Waals surface area (Å²) in [6, 6.07) is 7.18. The molecule has 5 heteroatoms. The minimum Gasteiger partial charge on any atom is -0.465 e. The van der Waals surface area contributed by atoms with E-state index in [1.54, 1.807) is 53.8 Å². The van der Waals surface area contributed by atoms with Gasteiger partial charge in [-0.05, 0) is 42.8 Å². The molecule has 5 nitrogen and oxygen atoms in total. The third kappa shape index (κ3) is 7.40. The lowest BCUT2D eigenvalue weighted by Crippen LogP contribution is -2.41. The minimum absolute atomic E-state index is 0.0649. The first-order chi connectivity index (χ1) is 15.7. The first-order valence-corrected chi connectivity index (χ1v) is 12.0. The molecule has 1 fully saturated rings. The second-order valence-corrected chi connectivity index (χ2v) is 8.53. The van der Waals surface area contributed by atoms with Crippen molar-refractivity contribution in [3.05, 3.63) is 59.5 Å². The zero-order chi connectivity index (χ0) is 22.6.